The molecule has 0 aliphatic carbocycles. The molecule has 0 saturated carbocycles. The molecule has 3 aliphatic heterocycles. The summed E-state index contributed by atoms with van der Waals surface area (Å²) in [5, 5.41) is 3.66. The molecule has 0 bridgehead atoms. The van der Waals surface area contributed by atoms with Crippen LogP contribution < -0.4 is 10.1 Å². The molecular weight excluding hydrogens is 418 g/mol. The summed E-state index contributed by atoms with van der Waals surface area (Å²) in [6, 6.07) is 7.31. The first-order chi connectivity index (χ1) is 14.8. The van der Waals surface area contributed by atoms with Crippen LogP contribution in [0.1, 0.15) is 48.3 Å². The predicted octanol–water partition coefficient (Wildman–Crippen LogP) is 3.51. The fraction of sp³-hybridized carbons (Fsp3) is 0.435. The minimum absolute atomic E-state index is 0.0692. The van der Waals surface area contributed by atoms with E-state index in [1.807, 2.05) is 26.0 Å². The van der Waals surface area contributed by atoms with Crippen molar-refractivity contribution in [1.82, 2.24) is 9.88 Å². The van der Waals surface area contributed by atoms with Crippen molar-refractivity contribution in [3.05, 3.63) is 52.3 Å². The number of amides is 1. The summed E-state index contributed by atoms with van der Waals surface area (Å²) in [7, 11) is 0. The van der Waals surface area contributed by atoms with Gasteiger partial charge in [0.1, 0.15) is 18.0 Å². The maximum atomic E-state index is 12.7. The zero-order chi connectivity index (χ0) is 21.8. The number of rotatable bonds is 4. The number of anilines is 1. The van der Waals surface area contributed by atoms with E-state index in [4.69, 9.17) is 21.1 Å². The van der Waals surface area contributed by atoms with Crippen LogP contribution in [0.15, 0.2) is 30.5 Å². The standard InChI is InChI=1S/C23H24ClN3O4/c1-22(2)19-16(20(28)31-22)12-15(13-25-19)30-10-9-27-7-5-23(6-8-27)17-11-14(24)3-4-18(17)26-21(23)29/h3-4,11-13H,5-10H2,1-2H3,(H,26,29). The van der Waals surface area contributed by atoms with E-state index < -0.39 is 11.0 Å². The van der Waals surface area contributed by atoms with Crippen molar-refractivity contribution in [2.75, 3.05) is 31.6 Å². The zero-order valence-corrected chi connectivity index (χ0v) is 18.3. The number of benzene rings is 1. The molecule has 8 heteroatoms. The highest BCUT2D eigenvalue weighted by atomic mass is 35.5. The number of nitrogens with one attached hydrogen (secondary N) is 1. The number of esters is 1. The molecular formula is C23H24ClN3O4. The van der Waals surface area contributed by atoms with E-state index in [-0.39, 0.29) is 11.9 Å². The van der Waals surface area contributed by atoms with Crippen molar-refractivity contribution in [3.63, 3.8) is 0 Å². The largest absolute Gasteiger partial charge is 0.491 e. The number of nitrogens with zero attached hydrogens (tertiary/aromatic N) is 2. The molecule has 0 unspecified atom stereocenters. The molecule has 162 valence electrons. The number of pyridine rings is 1. The highest BCUT2D eigenvalue weighted by Gasteiger charge is 2.48. The minimum Gasteiger partial charge on any atom is -0.491 e. The zero-order valence-electron chi connectivity index (χ0n) is 17.5. The van der Waals surface area contributed by atoms with Gasteiger partial charge in [0.15, 0.2) is 0 Å². The first-order valence-corrected chi connectivity index (χ1v) is 10.9. The summed E-state index contributed by atoms with van der Waals surface area (Å²) in [5.41, 5.74) is 1.80. The summed E-state index contributed by atoms with van der Waals surface area (Å²) in [5.74, 6) is 0.259. The number of piperidine rings is 1. The highest BCUT2D eigenvalue weighted by Crippen LogP contribution is 2.45. The molecule has 7 nitrogen and oxygen atoms in total. The molecule has 2 aromatic rings. The van der Waals surface area contributed by atoms with Crippen LogP contribution in [0.5, 0.6) is 5.75 Å². The van der Waals surface area contributed by atoms with Crippen molar-refractivity contribution >= 4 is 29.2 Å². The van der Waals surface area contributed by atoms with Gasteiger partial charge in [0.2, 0.25) is 5.91 Å². The summed E-state index contributed by atoms with van der Waals surface area (Å²) >= 11 is 6.19. The molecule has 1 aromatic heterocycles. The van der Waals surface area contributed by atoms with E-state index in [0.717, 1.165) is 43.7 Å². The van der Waals surface area contributed by atoms with E-state index in [1.54, 1.807) is 18.3 Å². The Morgan fingerprint density at radius 3 is 2.77 bits per heavy atom. The molecule has 1 fully saturated rings. The Morgan fingerprint density at radius 2 is 2.00 bits per heavy atom. The summed E-state index contributed by atoms with van der Waals surface area (Å²) in [6.07, 6.45) is 3.12. The topological polar surface area (TPSA) is 80.8 Å². The summed E-state index contributed by atoms with van der Waals surface area (Å²) in [4.78, 5) is 31.5. The number of hydrogen-bond acceptors (Lipinski definition) is 6. The van der Waals surface area contributed by atoms with Crippen LogP contribution in [0.2, 0.25) is 5.02 Å². The molecule has 1 spiro atoms. The van der Waals surface area contributed by atoms with Crippen LogP contribution in [-0.2, 0) is 20.5 Å². The molecule has 4 heterocycles. The molecule has 1 saturated heterocycles. The predicted molar refractivity (Wildman–Crippen MR) is 116 cm³/mol. The quantitative estimate of drug-likeness (QED) is 0.731. The number of likely N-dealkylation sites (tertiary alicyclic amines) is 1. The Hall–Kier alpha value is -2.64. The number of carbonyl (C=O) groups excluding carboxylic acids is 2. The van der Waals surface area contributed by atoms with Gasteiger partial charge in [-0.3, -0.25) is 14.7 Å². The van der Waals surface area contributed by atoms with Crippen LogP contribution in [0, 0.1) is 0 Å². The summed E-state index contributed by atoms with van der Waals surface area (Å²) in [6.45, 7) is 6.44. The lowest BCUT2D eigenvalue weighted by molar-refractivity contribution is -0.122. The number of fused-ring (bicyclic) bond motifs is 3. The van der Waals surface area contributed by atoms with Crippen molar-refractivity contribution in [3.8, 4) is 5.75 Å². The molecule has 1 amide bonds. The van der Waals surface area contributed by atoms with Crippen LogP contribution in [0.25, 0.3) is 0 Å². The van der Waals surface area contributed by atoms with Crippen molar-refractivity contribution in [1.29, 1.82) is 0 Å². The van der Waals surface area contributed by atoms with Gasteiger partial charge in [-0.1, -0.05) is 11.6 Å². The van der Waals surface area contributed by atoms with Crippen LogP contribution in [0.3, 0.4) is 0 Å². The smallest absolute Gasteiger partial charge is 0.341 e. The molecule has 3 aliphatic rings. The summed E-state index contributed by atoms with van der Waals surface area (Å²) < 4.78 is 11.2. The Kier molecular flexibility index (Phi) is 4.71. The first kappa shape index (κ1) is 20.3. The SMILES string of the molecule is CC1(C)OC(=O)c2cc(OCCN3CCC4(CC3)C(=O)Nc3ccc(Cl)cc34)cnc21. The maximum absolute atomic E-state index is 12.7. The minimum atomic E-state index is -0.704. The van der Waals surface area contributed by atoms with Gasteiger partial charge in [-0.15, -0.1) is 0 Å². The van der Waals surface area contributed by atoms with E-state index in [0.29, 0.717) is 28.6 Å². The third kappa shape index (κ3) is 3.36. The van der Waals surface area contributed by atoms with Gasteiger partial charge in [-0.05, 0) is 69.6 Å². The second-order valence-electron chi connectivity index (χ2n) is 8.88. The van der Waals surface area contributed by atoms with Gasteiger partial charge in [0, 0.05) is 17.3 Å². The van der Waals surface area contributed by atoms with Crippen LogP contribution >= 0.6 is 11.6 Å². The van der Waals surface area contributed by atoms with Gasteiger partial charge in [0.05, 0.1) is 22.9 Å². The van der Waals surface area contributed by atoms with Crippen molar-refractivity contribution < 1.29 is 19.1 Å². The van der Waals surface area contributed by atoms with Gasteiger partial charge in [0.25, 0.3) is 0 Å². The average molecular weight is 442 g/mol. The maximum Gasteiger partial charge on any atom is 0.341 e. The first-order valence-electron chi connectivity index (χ1n) is 10.5. The third-order valence-electron chi connectivity index (χ3n) is 6.57. The number of hydrogen-bond donors (Lipinski definition) is 1. The van der Waals surface area contributed by atoms with Crippen LogP contribution in [0.4, 0.5) is 5.69 Å². The number of halogens is 1. The van der Waals surface area contributed by atoms with Crippen molar-refractivity contribution in [2.45, 2.75) is 37.7 Å². The fourth-order valence-corrected chi connectivity index (χ4v) is 5.00. The average Bonchev–Trinajstić information content (AvgIpc) is 3.13. The fourth-order valence-electron chi connectivity index (χ4n) is 4.83. The van der Waals surface area contributed by atoms with Gasteiger partial charge < -0.3 is 14.8 Å². The molecule has 5 rings (SSSR count). The van der Waals surface area contributed by atoms with E-state index in [1.165, 1.54) is 0 Å². The Labute approximate surface area is 185 Å². The van der Waals surface area contributed by atoms with E-state index in [9.17, 15) is 9.59 Å². The lowest BCUT2D eigenvalue weighted by atomic mass is 9.73. The third-order valence-corrected chi connectivity index (χ3v) is 6.80. The van der Waals surface area contributed by atoms with E-state index in [2.05, 4.69) is 15.2 Å². The van der Waals surface area contributed by atoms with Crippen molar-refractivity contribution in [2.24, 2.45) is 0 Å². The molecule has 31 heavy (non-hydrogen) atoms. The lowest BCUT2D eigenvalue weighted by Crippen LogP contribution is -2.47. The Morgan fingerprint density at radius 1 is 1.23 bits per heavy atom. The van der Waals surface area contributed by atoms with Gasteiger partial charge >= 0.3 is 5.97 Å². The number of ether oxygens (including phenoxy) is 2. The molecule has 0 radical (unpaired) electrons. The number of aromatic nitrogens is 1. The Balaban J connectivity index is 1.19. The number of cyclic esters (lactones) is 1. The van der Waals surface area contributed by atoms with Gasteiger partial charge in [-0.25, -0.2) is 4.79 Å². The molecule has 0 atom stereocenters. The van der Waals surface area contributed by atoms with Gasteiger partial charge in [-0.2, -0.15) is 0 Å². The second kappa shape index (κ2) is 7.21. The molecule has 1 N–H and O–H groups in total. The normalized spacial score (nSPS) is 20.9. The highest BCUT2D eigenvalue weighted by molar-refractivity contribution is 6.31. The van der Waals surface area contributed by atoms with E-state index >= 15 is 0 Å². The second-order valence-corrected chi connectivity index (χ2v) is 9.32. The lowest BCUT2D eigenvalue weighted by Gasteiger charge is -2.37. The Bertz CT molecular complexity index is 1080. The number of carbonyl (C=O) groups is 2. The van der Waals surface area contributed by atoms with Crippen LogP contribution in [-0.4, -0.2) is 48.0 Å². The monoisotopic (exact) mass is 441 g/mol. The molecule has 1 aromatic carbocycles.